The van der Waals surface area contributed by atoms with Crippen LogP contribution in [0.2, 0.25) is 0 Å². The number of nitriles is 1. The Hall–Kier alpha value is -1.53. The maximum atomic E-state index is 8.85. The number of rotatable bonds is 2. The summed E-state index contributed by atoms with van der Waals surface area (Å²) in [6, 6.07) is 8.55. The predicted molar refractivity (Wildman–Crippen MR) is 43.5 cm³/mol. The fraction of sp³-hybridized carbons (Fsp3) is 0.222. The number of hydrogen-bond acceptors (Lipinski definition) is 3. The molecule has 0 aromatic heterocycles. The highest BCUT2D eigenvalue weighted by Gasteiger charge is 1.97. The van der Waals surface area contributed by atoms with Gasteiger partial charge in [0.25, 0.3) is 0 Å². The Morgan fingerprint density at radius 2 is 2.00 bits per heavy atom. The highest BCUT2D eigenvalue weighted by molar-refractivity contribution is 5.34. The highest BCUT2D eigenvalue weighted by atomic mass is 16.6. The van der Waals surface area contributed by atoms with E-state index in [0.29, 0.717) is 11.3 Å². The number of aliphatic hydroxyl groups excluding tert-OH is 1. The molecule has 1 N–H and O–H groups in total. The van der Waals surface area contributed by atoms with Crippen LogP contribution in [0.5, 0.6) is 5.75 Å². The topological polar surface area (TPSA) is 53.2 Å². The Bertz CT molecular complexity index is 284. The highest BCUT2D eigenvalue weighted by Crippen LogP contribution is 2.12. The molecule has 1 aromatic rings. The molecule has 1 unspecified atom stereocenters. The van der Waals surface area contributed by atoms with E-state index in [-0.39, 0.29) is 0 Å². The molecule has 1 atom stereocenters. The molecule has 62 valence electrons. The molecule has 0 aliphatic carbocycles. The van der Waals surface area contributed by atoms with E-state index in [9.17, 15) is 0 Å². The van der Waals surface area contributed by atoms with Crippen molar-refractivity contribution in [2.24, 2.45) is 0 Å². The largest absolute Gasteiger partial charge is 0.465 e. The van der Waals surface area contributed by atoms with Gasteiger partial charge in [-0.15, -0.1) is 0 Å². The zero-order valence-electron chi connectivity index (χ0n) is 6.69. The molecule has 1 aromatic carbocycles. The maximum absolute atomic E-state index is 8.85. The van der Waals surface area contributed by atoms with Gasteiger partial charge in [-0.2, -0.15) is 5.26 Å². The summed E-state index contributed by atoms with van der Waals surface area (Å²) in [5.41, 5.74) is 0.577. The van der Waals surface area contributed by atoms with Crippen LogP contribution in [0.15, 0.2) is 24.3 Å². The van der Waals surface area contributed by atoms with Gasteiger partial charge in [0.1, 0.15) is 5.75 Å². The molecule has 0 fully saturated rings. The Balaban J connectivity index is 2.73. The van der Waals surface area contributed by atoms with Crippen molar-refractivity contribution in [2.45, 2.75) is 13.2 Å². The molecule has 0 saturated heterocycles. The average molecular weight is 163 g/mol. The van der Waals surface area contributed by atoms with Crippen molar-refractivity contribution in [1.29, 1.82) is 5.26 Å². The first-order valence-corrected chi connectivity index (χ1v) is 3.57. The summed E-state index contributed by atoms with van der Waals surface area (Å²) in [5, 5.41) is 17.3. The van der Waals surface area contributed by atoms with Crippen molar-refractivity contribution in [3.63, 3.8) is 0 Å². The number of aliphatic hydroxyl groups is 1. The Morgan fingerprint density at radius 3 is 2.42 bits per heavy atom. The molecule has 0 radical (unpaired) electrons. The molecule has 3 heteroatoms. The monoisotopic (exact) mass is 163 g/mol. The lowest BCUT2D eigenvalue weighted by atomic mass is 10.2. The quantitative estimate of drug-likeness (QED) is 0.668. The Kier molecular flexibility index (Phi) is 2.67. The van der Waals surface area contributed by atoms with Gasteiger partial charge >= 0.3 is 0 Å². The van der Waals surface area contributed by atoms with E-state index in [1.807, 2.05) is 6.07 Å². The second-order valence-corrected chi connectivity index (χ2v) is 2.35. The summed E-state index contributed by atoms with van der Waals surface area (Å²) >= 11 is 0. The number of nitrogens with zero attached hydrogens (tertiary/aromatic N) is 1. The van der Waals surface area contributed by atoms with Crippen LogP contribution in [0.4, 0.5) is 0 Å². The van der Waals surface area contributed by atoms with Crippen LogP contribution < -0.4 is 4.74 Å². The van der Waals surface area contributed by atoms with E-state index in [1.165, 1.54) is 6.92 Å². The fourth-order valence-electron chi connectivity index (χ4n) is 0.805. The van der Waals surface area contributed by atoms with E-state index in [0.717, 1.165) is 0 Å². The van der Waals surface area contributed by atoms with Gasteiger partial charge in [-0.05, 0) is 31.2 Å². The molecular formula is C9H9NO2. The molecule has 3 nitrogen and oxygen atoms in total. The summed E-state index contributed by atoms with van der Waals surface area (Å²) in [4.78, 5) is 0. The zero-order valence-corrected chi connectivity index (χ0v) is 6.69. The molecule has 1 rings (SSSR count). The summed E-state index contributed by atoms with van der Waals surface area (Å²) in [5.74, 6) is 0.559. The van der Waals surface area contributed by atoms with Gasteiger partial charge < -0.3 is 9.84 Å². The maximum Gasteiger partial charge on any atom is 0.194 e. The van der Waals surface area contributed by atoms with E-state index in [4.69, 9.17) is 15.1 Å². The van der Waals surface area contributed by atoms with Crippen LogP contribution in [0.1, 0.15) is 12.5 Å². The van der Waals surface area contributed by atoms with E-state index in [2.05, 4.69) is 0 Å². The van der Waals surface area contributed by atoms with Crippen molar-refractivity contribution in [1.82, 2.24) is 0 Å². The molecular weight excluding hydrogens is 154 g/mol. The van der Waals surface area contributed by atoms with Gasteiger partial charge in [0.05, 0.1) is 11.6 Å². The Labute approximate surface area is 70.8 Å². The van der Waals surface area contributed by atoms with Crippen LogP contribution in [-0.2, 0) is 0 Å². The summed E-state index contributed by atoms with van der Waals surface area (Å²) in [6.45, 7) is 1.53. The third-order valence-electron chi connectivity index (χ3n) is 1.29. The van der Waals surface area contributed by atoms with Crippen molar-refractivity contribution < 1.29 is 9.84 Å². The lowest BCUT2D eigenvalue weighted by Gasteiger charge is -2.07. The Morgan fingerprint density at radius 1 is 1.42 bits per heavy atom. The van der Waals surface area contributed by atoms with Crippen LogP contribution in [0.25, 0.3) is 0 Å². The average Bonchev–Trinajstić information content (AvgIpc) is 2.05. The van der Waals surface area contributed by atoms with Crippen LogP contribution in [-0.4, -0.2) is 11.4 Å². The standard InChI is InChI=1S/C9H9NO2/c1-7(11)12-9-4-2-8(6-10)3-5-9/h2-5,7,11H,1H3. The second kappa shape index (κ2) is 3.74. The van der Waals surface area contributed by atoms with Gasteiger partial charge in [-0.3, -0.25) is 0 Å². The van der Waals surface area contributed by atoms with Crippen LogP contribution in [0, 0.1) is 11.3 Å². The smallest absolute Gasteiger partial charge is 0.194 e. The lowest BCUT2D eigenvalue weighted by Crippen LogP contribution is -2.09. The molecule has 0 saturated carbocycles. The van der Waals surface area contributed by atoms with Gasteiger partial charge in [0, 0.05) is 0 Å². The predicted octanol–water partition coefficient (Wildman–Crippen LogP) is 1.28. The van der Waals surface area contributed by atoms with E-state index >= 15 is 0 Å². The summed E-state index contributed by atoms with van der Waals surface area (Å²) in [7, 11) is 0. The zero-order chi connectivity index (χ0) is 8.97. The van der Waals surface area contributed by atoms with Gasteiger partial charge in [-0.1, -0.05) is 0 Å². The molecule has 0 heterocycles. The second-order valence-electron chi connectivity index (χ2n) is 2.35. The molecule has 0 aliphatic rings. The van der Waals surface area contributed by atoms with Crippen LogP contribution in [0.3, 0.4) is 0 Å². The minimum atomic E-state index is -0.821. The van der Waals surface area contributed by atoms with Gasteiger partial charge in [0.2, 0.25) is 0 Å². The summed E-state index contributed by atoms with van der Waals surface area (Å²) in [6.07, 6.45) is -0.821. The first-order valence-electron chi connectivity index (χ1n) is 3.57. The molecule has 12 heavy (non-hydrogen) atoms. The SMILES string of the molecule is CC(O)Oc1ccc(C#N)cc1. The van der Waals surface area contributed by atoms with Crippen molar-refractivity contribution in [3.05, 3.63) is 29.8 Å². The first kappa shape index (κ1) is 8.57. The normalized spacial score (nSPS) is 11.8. The number of hydrogen-bond donors (Lipinski definition) is 1. The third-order valence-corrected chi connectivity index (χ3v) is 1.29. The number of benzene rings is 1. The van der Waals surface area contributed by atoms with Crippen molar-refractivity contribution in [2.75, 3.05) is 0 Å². The van der Waals surface area contributed by atoms with E-state index in [1.54, 1.807) is 24.3 Å². The summed E-state index contributed by atoms with van der Waals surface area (Å²) < 4.78 is 4.96. The third kappa shape index (κ3) is 2.26. The lowest BCUT2D eigenvalue weighted by molar-refractivity contribution is -0.000292. The number of ether oxygens (including phenoxy) is 1. The molecule has 0 aliphatic heterocycles. The van der Waals surface area contributed by atoms with E-state index < -0.39 is 6.29 Å². The van der Waals surface area contributed by atoms with Crippen molar-refractivity contribution in [3.8, 4) is 11.8 Å². The van der Waals surface area contributed by atoms with Crippen LogP contribution >= 0.6 is 0 Å². The van der Waals surface area contributed by atoms with Crippen molar-refractivity contribution >= 4 is 0 Å². The first-order chi connectivity index (χ1) is 5.72. The minimum Gasteiger partial charge on any atom is -0.465 e. The fourth-order valence-corrected chi connectivity index (χ4v) is 0.805. The van der Waals surface area contributed by atoms with Gasteiger partial charge in [0.15, 0.2) is 6.29 Å². The molecule has 0 bridgehead atoms. The molecule has 0 spiro atoms. The van der Waals surface area contributed by atoms with Gasteiger partial charge in [-0.25, -0.2) is 0 Å². The molecule has 0 amide bonds. The minimum absolute atomic E-state index is 0.559.